The maximum absolute atomic E-state index is 12.6. The molecular weight excluding hydrogens is 612 g/mol. The van der Waals surface area contributed by atoms with Crippen LogP contribution in [0.3, 0.4) is 0 Å². The van der Waals surface area contributed by atoms with Gasteiger partial charge in [0.1, 0.15) is 15.5 Å². The van der Waals surface area contributed by atoms with Crippen LogP contribution in [-0.2, 0) is 30.3 Å². The van der Waals surface area contributed by atoms with E-state index in [-0.39, 0.29) is 14.6 Å². The van der Waals surface area contributed by atoms with E-state index in [1.807, 2.05) is 17.6 Å². The third-order valence-corrected chi connectivity index (χ3v) is 10.5. The molecule has 0 unspecified atom stereocenters. The average Bonchev–Trinajstić information content (AvgIpc) is 2.83. The Morgan fingerprint density at radius 3 is 1.85 bits per heavy atom. The molecule has 0 radical (unpaired) electrons. The van der Waals surface area contributed by atoms with Crippen molar-refractivity contribution in [3.63, 3.8) is 0 Å². The average molecular weight is 638 g/mol. The summed E-state index contributed by atoms with van der Waals surface area (Å²) in [5.74, 6) is -0.614. The Hall–Kier alpha value is -1.47. The van der Waals surface area contributed by atoms with Gasteiger partial charge in [0.15, 0.2) is 6.61 Å². The van der Waals surface area contributed by atoms with E-state index >= 15 is 0 Å². The number of nitrogens with zero attached hydrogens (tertiary/aromatic N) is 1. The van der Waals surface area contributed by atoms with Crippen LogP contribution < -0.4 is 10.2 Å². The predicted octanol–water partition coefficient (Wildman–Crippen LogP) is 4.73. The first-order valence-electron chi connectivity index (χ1n) is 10.3. The largest absolute Gasteiger partial charge is 0.481 e. The van der Waals surface area contributed by atoms with E-state index < -0.39 is 42.4 Å². The number of carbonyl (C=O) groups excluding carboxylic acids is 1. The van der Waals surface area contributed by atoms with E-state index in [1.54, 1.807) is 0 Å². The van der Waals surface area contributed by atoms with Crippen LogP contribution in [0, 0.1) is 5.41 Å². The van der Waals surface area contributed by atoms with Gasteiger partial charge in [-0.05, 0) is 78.9 Å². The van der Waals surface area contributed by atoms with Crippen LogP contribution in [0.5, 0.6) is 5.75 Å². The first-order valence-corrected chi connectivity index (χ1v) is 14.7. The van der Waals surface area contributed by atoms with Crippen LogP contribution in [0.25, 0.3) is 0 Å². The molecule has 1 amide bonds. The van der Waals surface area contributed by atoms with Gasteiger partial charge in [0.2, 0.25) is 0 Å². The second-order valence-corrected chi connectivity index (χ2v) is 15.3. The van der Waals surface area contributed by atoms with Crippen LogP contribution in [-0.4, -0.2) is 33.2 Å². The normalized spacial score (nSPS) is 17.3. The molecule has 2 aromatic carbocycles. The zero-order valence-electron chi connectivity index (χ0n) is 19.3. The number of ether oxygens (including phenoxy) is 1. The molecule has 0 aromatic heterocycles. The predicted molar refractivity (Wildman–Crippen MR) is 135 cm³/mol. The van der Waals surface area contributed by atoms with Gasteiger partial charge in [0.25, 0.3) is 26.0 Å². The lowest BCUT2D eigenvalue weighted by Gasteiger charge is -2.33. The summed E-state index contributed by atoms with van der Waals surface area (Å²) in [6.45, 7) is 10.2. The van der Waals surface area contributed by atoms with Crippen molar-refractivity contribution < 1.29 is 26.4 Å². The van der Waals surface area contributed by atoms with Crippen molar-refractivity contribution in [1.29, 1.82) is 0 Å². The van der Waals surface area contributed by atoms with Gasteiger partial charge in [-0.3, -0.25) is 10.2 Å². The Morgan fingerprint density at radius 1 is 0.941 bits per heavy atom. The van der Waals surface area contributed by atoms with Gasteiger partial charge in [0, 0.05) is 3.82 Å². The quantitative estimate of drug-likeness (QED) is 0.491. The van der Waals surface area contributed by atoms with Crippen LogP contribution in [0.2, 0.25) is 0 Å². The van der Waals surface area contributed by atoms with E-state index in [0.29, 0.717) is 14.7 Å². The van der Waals surface area contributed by atoms with Crippen molar-refractivity contribution in [2.75, 3.05) is 6.61 Å². The Bertz CT molecular complexity index is 1270. The van der Waals surface area contributed by atoms with Crippen molar-refractivity contribution in [2.24, 2.45) is 5.41 Å². The number of amides is 1. The monoisotopic (exact) mass is 636 g/mol. The summed E-state index contributed by atoms with van der Waals surface area (Å²) < 4.78 is 57.3. The topological polar surface area (TPSA) is 110 Å². The molecule has 12 heteroatoms. The number of nitrogens with one attached hydrogen (secondary N) is 1. The molecule has 2 aromatic rings. The number of halogens is 2. The molecule has 186 valence electrons. The van der Waals surface area contributed by atoms with Gasteiger partial charge in [-0.2, -0.15) is 0 Å². The number of rotatable bonds is 6. The van der Waals surface area contributed by atoms with E-state index in [9.17, 15) is 21.6 Å². The minimum atomic E-state index is -4.45. The molecular formula is C22H26Br2N2O6S2. The molecule has 0 spiro atoms. The lowest BCUT2D eigenvalue weighted by Crippen LogP contribution is -2.47. The molecule has 0 saturated heterocycles. The first kappa shape index (κ1) is 27.1. The van der Waals surface area contributed by atoms with E-state index in [0.717, 1.165) is 12.0 Å². The third-order valence-electron chi connectivity index (χ3n) is 5.16. The highest BCUT2D eigenvalue weighted by atomic mass is 79.9. The van der Waals surface area contributed by atoms with Crippen molar-refractivity contribution in [3.05, 3.63) is 50.9 Å². The van der Waals surface area contributed by atoms with Gasteiger partial charge in [-0.25, -0.2) is 16.8 Å². The maximum atomic E-state index is 12.6. The van der Waals surface area contributed by atoms with Gasteiger partial charge < -0.3 is 4.74 Å². The lowest BCUT2D eigenvalue weighted by molar-refractivity contribution is -0.124. The second-order valence-electron chi connectivity index (χ2n) is 9.87. The summed E-state index contributed by atoms with van der Waals surface area (Å²) in [6.07, 6.45) is 0.933. The molecule has 1 heterocycles. The number of carbonyl (C=O) groups is 1. The van der Waals surface area contributed by atoms with Crippen molar-refractivity contribution >= 4 is 57.8 Å². The molecule has 0 aliphatic carbocycles. The van der Waals surface area contributed by atoms with Gasteiger partial charge in [0.05, 0.1) is 8.95 Å². The zero-order chi connectivity index (χ0) is 25.7. The fourth-order valence-corrected chi connectivity index (χ4v) is 9.60. The number of sulfonamides is 2. The zero-order valence-corrected chi connectivity index (χ0v) is 24.2. The second kappa shape index (κ2) is 9.20. The molecule has 1 aliphatic heterocycles. The van der Waals surface area contributed by atoms with Crippen LogP contribution in [0.4, 0.5) is 0 Å². The number of hydrazine groups is 1. The summed E-state index contributed by atoms with van der Waals surface area (Å²) in [5, 5.41) is 0. The number of benzene rings is 2. The lowest BCUT2D eigenvalue weighted by atomic mass is 9.72. The third kappa shape index (κ3) is 5.35. The van der Waals surface area contributed by atoms with E-state index in [4.69, 9.17) is 4.74 Å². The molecule has 0 atom stereocenters. The Kier molecular flexibility index (Phi) is 7.34. The molecule has 0 bridgehead atoms. The first-order chi connectivity index (χ1) is 15.5. The Morgan fingerprint density at radius 2 is 1.41 bits per heavy atom. The number of fused-ring (bicyclic) bond motifs is 1. The summed E-state index contributed by atoms with van der Waals surface area (Å²) >= 11 is 6.95. The molecule has 0 fully saturated rings. The Balaban J connectivity index is 1.76. The van der Waals surface area contributed by atoms with E-state index in [1.165, 1.54) is 24.3 Å². The molecule has 8 nitrogen and oxygen atoms in total. The summed E-state index contributed by atoms with van der Waals surface area (Å²) in [5.41, 5.74) is 2.98. The van der Waals surface area contributed by atoms with Crippen LogP contribution in [0.15, 0.2) is 55.1 Å². The van der Waals surface area contributed by atoms with Crippen molar-refractivity contribution in [3.8, 4) is 5.75 Å². The van der Waals surface area contributed by atoms with Gasteiger partial charge >= 0.3 is 0 Å². The molecule has 1 aliphatic rings. The molecule has 0 saturated carbocycles. The molecule has 1 N–H and O–H groups in total. The minimum Gasteiger partial charge on any atom is -0.481 e. The van der Waals surface area contributed by atoms with Crippen LogP contribution >= 0.6 is 31.9 Å². The number of hydrogen-bond acceptors (Lipinski definition) is 6. The summed E-state index contributed by atoms with van der Waals surface area (Å²) in [4.78, 5) is 11.7. The summed E-state index contributed by atoms with van der Waals surface area (Å²) in [7, 11) is -8.89. The Labute approximate surface area is 217 Å². The summed E-state index contributed by atoms with van der Waals surface area (Å²) in [6, 6.07) is 8.97. The highest BCUT2D eigenvalue weighted by molar-refractivity contribution is 9.11. The molecule has 3 rings (SSSR count). The van der Waals surface area contributed by atoms with Gasteiger partial charge in [-0.15, -0.1) is 0 Å². The highest BCUT2D eigenvalue weighted by Crippen LogP contribution is 2.42. The van der Waals surface area contributed by atoms with Gasteiger partial charge in [-0.1, -0.05) is 46.8 Å². The standard InChI is InChI=1S/C22H26Br2N2O6S2/c1-21(2,3)13-22(4,5)14-10-15(23)20(16(24)11-14)32-12-19(27)25-26-33(28,29)17-8-6-7-9-18(17)34(26,30)31/h6-11H,12-13H2,1-5H3,(H,25,27). The fraction of sp³-hybridized carbons (Fsp3) is 0.409. The van der Waals surface area contributed by atoms with Crippen molar-refractivity contribution in [1.82, 2.24) is 9.25 Å². The maximum Gasteiger partial charge on any atom is 0.275 e. The van der Waals surface area contributed by atoms with Crippen molar-refractivity contribution in [2.45, 2.75) is 56.2 Å². The highest BCUT2D eigenvalue weighted by Gasteiger charge is 2.48. The number of hydrogen-bond donors (Lipinski definition) is 1. The van der Waals surface area contributed by atoms with E-state index in [2.05, 4.69) is 66.5 Å². The van der Waals surface area contributed by atoms with Crippen LogP contribution in [0.1, 0.15) is 46.6 Å². The minimum absolute atomic E-state index is 0.0153. The molecule has 34 heavy (non-hydrogen) atoms. The fourth-order valence-electron chi connectivity index (χ4n) is 4.09. The SMILES string of the molecule is CC(C)(C)CC(C)(C)c1cc(Br)c(OCC(=O)NN2S(=O)(=O)c3ccccc3S2(=O)=O)c(Br)c1. The smallest absolute Gasteiger partial charge is 0.275 e.